The van der Waals surface area contributed by atoms with Gasteiger partial charge >= 0.3 is 0 Å². The van der Waals surface area contributed by atoms with Crippen molar-refractivity contribution in [1.82, 2.24) is 16.0 Å². The van der Waals surface area contributed by atoms with Crippen LogP contribution in [0.5, 0.6) is 0 Å². The highest BCUT2D eigenvalue weighted by atomic mass is 32.1. The first-order valence-electron chi connectivity index (χ1n) is 6.87. The molecule has 0 fully saturated rings. The van der Waals surface area contributed by atoms with E-state index < -0.39 is 0 Å². The van der Waals surface area contributed by atoms with Crippen LogP contribution < -0.4 is 16.0 Å². The summed E-state index contributed by atoms with van der Waals surface area (Å²) in [7, 11) is 0. The summed E-state index contributed by atoms with van der Waals surface area (Å²) in [5, 5.41) is 9.85. The van der Waals surface area contributed by atoms with Crippen molar-refractivity contribution in [1.29, 1.82) is 0 Å². The largest absolute Gasteiger partial charge is 0.381 e. The minimum absolute atomic E-state index is 0.0647. The molecule has 3 N–H and O–H groups in total. The van der Waals surface area contributed by atoms with Gasteiger partial charge in [-0.2, -0.15) is 0 Å². The summed E-state index contributed by atoms with van der Waals surface area (Å²) in [6.45, 7) is 19.1. The van der Waals surface area contributed by atoms with Crippen LogP contribution in [-0.2, 0) is 0 Å². The molecular formula is C16H25N3S. The molecule has 0 spiro atoms. The van der Waals surface area contributed by atoms with Gasteiger partial charge in [0, 0.05) is 29.6 Å². The zero-order valence-corrected chi connectivity index (χ0v) is 13.5. The lowest BCUT2D eigenvalue weighted by atomic mass is 10.1. The average molecular weight is 291 g/mol. The SMILES string of the molecule is C=C(NC(C)C(=C)N[C@H](C)C(=C)C)C1=CCCNC1=S. The second kappa shape index (κ2) is 7.29. The first-order valence-corrected chi connectivity index (χ1v) is 7.28. The van der Waals surface area contributed by atoms with E-state index in [1.165, 1.54) is 0 Å². The topological polar surface area (TPSA) is 36.1 Å². The van der Waals surface area contributed by atoms with Crippen molar-refractivity contribution in [3.05, 3.63) is 48.4 Å². The van der Waals surface area contributed by atoms with Gasteiger partial charge in [0.15, 0.2) is 0 Å². The van der Waals surface area contributed by atoms with E-state index in [9.17, 15) is 0 Å². The lowest BCUT2D eigenvalue weighted by Crippen LogP contribution is -2.39. The summed E-state index contributed by atoms with van der Waals surface area (Å²) in [6, 6.07) is 0.270. The molecule has 0 radical (unpaired) electrons. The molecular weight excluding hydrogens is 266 g/mol. The maximum atomic E-state index is 5.30. The molecule has 0 aliphatic carbocycles. The summed E-state index contributed by atoms with van der Waals surface area (Å²) in [5.41, 5.74) is 3.81. The molecule has 1 unspecified atom stereocenters. The molecule has 0 aromatic heterocycles. The number of hydrogen-bond donors (Lipinski definition) is 3. The van der Waals surface area contributed by atoms with Gasteiger partial charge in [0.05, 0.1) is 6.04 Å². The highest BCUT2D eigenvalue weighted by molar-refractivity contribution is 7.80. The Bertz CT molecular complexity index is 462. The monoisotopic (exact) mass is 291 g/mol. The first kappa shape index (κ1) is 16.5. The van der Waals surface area contributed by atoms with Gasteiger partial charge in [-0.15, -0.1) is 0 Å². The molecule has 0 saturated heterocycles. The molecule has 1 rings (SSSR count). The van der Waals surface area contributed by atoms with E-state index in [0.29, 0.717) is 0 Å². The Kier molecular flexibility index (Phi) is 6.02. The van der Waals surface area contributed by atoms with Crippen molar-refractivity contribution in [2.24, 2.45) is 0 Å². The van der Waals surface area contributed by atoms with E-state index in [1.54, 1.807) is 0 Å². The van der Waals surface area contributed by atoms with Crippen molar-refractivity contribution in [3.8, 4) is 0 Å². The number of rotatable bonds is 7. The fourth-order valence-corrected chi connectivity index (χ4v) is 2.11. The van der Waals surface area contributed by atoms with Crippen molar-refractivity contribution in [3.63, 3.8) is 0 Å². The van der Waals surface area contributed by atoms with E-state index in [4.69, 9.17) is 12.2 Å². The van der Waals surface area contributed by atoms with Crippen LogP contribution in [0.2, 0.25) is 0 Å². The molecule has 0 saturated carbocycles. The van der Waals surface area contributed by atoms with E-state index in [0.717, 1.165) is 40.5 Å². The lowest BCUT2D eigenvalue weighted by molar-refractivity contribution is 0.596. The molecule has 1 heterocycles. The molecule has 1 aliphatic heterocycles. The third kappa shape index (κ3) is 4.53. The van der Waals surface area contributed by atoms with Crippen LogP contribution in [0.3, 0.4) is 0 Å². The summed E-state index contributed by atoms with van der Waals surface area (Å²) in [4.78, 5) is 0.759. The Labute approximate surface area is 127 Å². The van der Waals surface area contributed by atoms with Gasteiger partial charge in [-0.25, -0.2) is 0 Å². The highest BCUT2D eigenvalue weighted by Crippen LogP contribution is 2.13. The zero-order valence-electron chi connectivity index (χ0n) is 12.7. The Balaban J connectivity index is 2.57. The predicted molar refractivity (Wildman–Crippen MR) is 91.6 cm³/mol. The third-order valence-corrected chi connectivity index (χ3v) is 3.77. The fraction of sp³-hybridized carbons (Fsp3) is 0.438. The Morgan fingerprint density at radius 1 is 1.25 bits per heavy atom. The highest BCUT2D eigenvalue weighted by Gasteiger charge is 2.16. The number of hydrogen-bond acceptors (Lipinski definition) is 3. The number of thiocarbonyl (C=S) groups is 1. The minimum atomic E-state index is 0.0647. The van der Waals surface area contributed by atoms with Crippen molar-refractivity contribution in [2.45, 2.75) is 39.3 Å². The van der Waals surface area contributed by atoms with Gasteiger partial charge in [-0.05, 0) is 27.2 Å². The van der Waals surface area contributed by atoms with Gasteiger partial charge in [-0.1, -0.05) is 43.6 Å². The van der Waals surface area contributed by atoms with E-state index in [-0.39, 0.29) is 12.1 Å². The normalized spacial score (nSPS) is 17.4. The van der Waals surface area contributed by atoms with Gasteiger partial charge in [0.1, 0.15) is 4.99 Å². The van der Waals surface area contributed by atoms with Gasteiger partial charge in [0.25, 0.3) is 0 Å². The molecule has 0 bridgehead atoms. The fourth-order valence-electron chi connectivity index (χ4n) is 1.80. The summed E-state index contributed by atoms with van der Waals surface area (Å²) in [5.74, 6) is 0. The zero-order chi connectivity index (χ0) is 15.3. The molecule has 0 amide bonds. The van der Waals surface area contributed by atoms with Crippen LogP contribution in [0.15, 0.2) is 48.4 Å². The van der Waals surface area contributed by atoms with Crippen LogP contribution in [0, 0.1) is 0 Å². The third-order valence-electron chi connectivity index (χ3n) is 3.40. The van der Waals surface area contributed by atoms with Crippen molar-refractivity contribution < 1.29 is 0 Å². The Morgan fingerprint density at radius 2 is 1.90 bits per heavy atom. The molecule has 4 heteroatoms. The maximum Gasteiger partial charge on any atom is 0.108 e. The first-order chi connectivity index (χ1) is 9.32. The summed E-state index contributed by atoms with van der Waals surface area (Å²) >= 11 is 5.30. The summed E-state index contributed by atoms with van der Waals surface area (Å²) in [6.07, 6.45) is 3.09. The minimum Gasteiger partial charge on any atom is -0.381 e. The number of nitrogens with one attached hydrogen (secondary N) is 3. The molecule has 0 aromatic carbocycles. The van der Waals surface area contributed by atoms with Crippen molar-refractivity contribution in [2.75, 3.05) is 6.54 Å². The standard InChI is InChI=1S/C16H25N3S/c1-10(2)11(3)18-12(4)13(5)19-14(6)15-8-7-9-17-16(15)20/h8,11,13,18-19H,1,4,6-7,9H2,2-3,5H3,(H,17,20)/t11-,13?/m1/s1. The van der Waals surface area contributed by atoms with Gasteiger partial charge in [0.2, 0.25) is 0 Å². The Hall–Kier alpha value is -1.55. The van der Waals surface area contributed by atoms with E-state index >= 15 is 0 Å². The molecule has 0 aromatic rings. The van der Waals surface area contributed by atoms with E-state index in [1.807, 2.05) is 13.8 Å². The average Bonchev–Trinajstić information content (AvgIpc) is 2.38. The van der Waals surface area contributed by atoms with Crippen molar-refractivity contribution >= 4 is 17.2 Å². The van der Waals surface area contributed by atoms with Crippen LogP contribution in [0.25, 0.3) is 0 Å². The second-order valence-electron chi connectivity index (χ2n) is 5.24. The predicted octanol–water partition coefficient (Wildman–Crippen LogP) is 2.79. The molecule has 2 atom stereocenters. The molecule has 1 aliphatic rings. The van der Waals surface area contributed by atoms with Crippen LogP contribution in [0.1, 0.15) is 27.2 Å². The lowest BCUT2D eigenvalue weighted by Gasteiger charge is -2.26. The second-order valence-corrected chi connectivity index (χ2v) is 5.65. The molecule has 110 valence electrons. The quantitative estimate of drug-likeness (QED) is 0.498. The summed E-state index contributed by atoms with van der Waals surface area (Å²) < 4.78 is 0. The van der Waals surface area contributed by atoms with E-state index in [2.05, 4.69) is 48.7 Å². The van der Waals surface area contributed by atoms with Gasteiger partial charge in [-0.3, -0.25) is 0 Å². The smallest absolute Gasteiger partial charge is 0.108 e. The molecule has 3 nitrogen and oxygen atoms in total. The Morgan fingerprint density at radius 3 is 2.45 bits per heavy atom. The van der Waals surface area contributed by atoms with Crippen LogP contribution >= 0.6 is 12.2 Å². The van der Waals surface area contributed by atoms with Crippen LogP contribution in [0.4, 0.5) is 0 Å². The molecule has 20 heavy (non-hydrogen) atoms. The maximum absolute atomic E-state index is 5.30. The van der Waals surface area contributed by atoms with Crippen LogP contribution in [-0.4, -0.2) is 23.6 Å². The van der Waals surface area contributed by atoms with Gasteiger partial charge < -0.3 is 16.0 Å².